The van der Waals surface area contributed by atoms with Gasteiger partial charge in [0.2, 0.25) is 5.58 Å². The van der Waals surface area contributed by atoms with E-state index in [1.165, 1.54) is 11.0 Å². The lowest BCUT2D eigenvalue weighted by molar-refractivity contribution is 0.0361. The molecule has 1 aromatic heterocycles. The average molecular weight is 432 g/mol. The van der Waals surface area contributed by atoms with Gasteiger partial charge in [0.25, 0.3) is 5.24 Å². The van der Waals surface area contributed by atoms with E-state index in [9.17, 15) is 9.59 Å². The first-order chi connectivity index (χ1) is 14.5. The molecule has 4 atom stereocenters. The summed E-state index contributed by atoms with van der Waals surface area (Å²) in [4.78, 5) is 30.2. The zero-order valence-electron chi connectivity index (χ0n) is 15.9. The van der Waals surface area contributed by atoms with E-state index in [1.54, 1.807) is 0 Å². The number of hydrogen-bond donors (Lipinski definition) is 0. The van der Waals surface area contributed by atoms with E-state index in [0.717, 1.165) is 18.2 Å². The molecule has 1 amide bonds. The van der Waals surface area contributed by atoms with Gasteiger partial charge < -0.3 is 14.2 Å². The number of fused-ring (bicyclic) bond motifs is 2. The Bertz CT molecular complexity index is 1100. The molecule has 1 saturated carbocycles. The summed E-state index contributed by atoms with van der Waals surface area (Å²) in [5, 5.41) is 7.14. The van der Waals surface area contributed by atoms with E-state index in [2.05, 4.69) is 15.2 Å². The van der Waals surface area contributed by atoms with Crippen LogP contribution in [0.15, 0.2) is 15.7 Å². The summed E-state index contributed by atoms with van der Waals surface area (Å²) in [7, 11) is 0. The summed E-state index contributed by atoms with van der Waals surface area (Å²) in [5.74, 6) is -0.517. The summed E-state index contributed by atoms with van der Waals surface area (Å²) < 4.78 is 26.6. The largest absolute Gasteiger partial charge is 0.371 e. The molecule has 3 aliphatic rings. The molecule has 0 bridgehead atoms. The summed E-state index contributed by atoms with van der Waals surface area (Å²) in [5.41, 5.74) is 8.74. The summed E-state index contributed by atoms with van der Waals surface area (Å²) in [6.07, 6.45) is 1.35. The first-order valence-corrected chi connectivity index (χ1v) is 10.4. The number of rotatable bonds is 5. The number of ether oxygens (including phenoxy) is 1. The van der Waals surface area contributed by atoms with Gasteiger partial charge in [-0.3, -0.25) is 14.5 Å². The lowest BCUT2D eigenvalue weighted by atomic mass is 10.1. The van der Waals surface area contributed by atoms with Gasteiger partial charge in [-0.05, 0) is 24.9 Å². The highest BCUT2D eigenvalue weighted by molar-refractivity contribution is 8.14. The second kappa shape index (κ2) is 7.15. The Morgan fingerprint density at radius 2 is 2.33 bits per heavy atom. The van der Waals surface area contributed by atoms with Crippen LogP contribution in [0.2, 0.25) is 0 Å². The summed E-state index contributed by atoms with van der Waals surface area (Å²) >= 11 is 1.02. The van der Waals surface area contributed by atoms with E-state index in [-0.39, 0.29) is 69.9 Å². The topological polar surface area (TPSA) is 125 Å². The van der Waals surface area contributed by atoms with Crippen LogP contribution >= 0.6 is 11.8 Å². The number of amides is 1. The first-order valence-electron chi connectivity index (χ1n) is 9.50. The van der Waals surface area contributed by atoms with Crippen molar-refractivity contribution in [1.82, 2.24) is 5.16 Å². The van der Waals surface area contributed by atoms with Crippen LogP contribution in [0.25, 0.3) is 21.4 Å². The summed E-state index contributed by atoms with van der Waals surface area (Å²) in [6.45, 7) is 2.77. The van der Waals surface area contributed by atoms with Crippen LogP contribution in [0.1, 0.15) is 23.7 Å². The molecule has 2 aromatic rings. The van der Waals surface area contributed by atoms with Crippen molar-refractivity contribution >= 4 is 45.8 Å². The predicted molar refractivity (Wildman–Crippen MR) is 108 cm³/mol. The highest BCUT2D eigenvalue weighted by Crippen LogP contribution is 2.44. The Morgan fingerprint density at radius 3 is 3.10 bits per heavy atom. The molecule has 0 radical (unpaired) electrons. The molecule has 2 saturated heterocycles. The van der Waals surface area contributed by atoms with Gasteiger partial charge in [-0.25, -0.2) is 4.39 Å². The van der Waals surface area contributed by atoms with E-state index in [0.29, 0.717) is 12.8 Å². The van der Waals surface area contributed by atoms with Gasteiger partial charge >= 0.3 is 0 Å². The monoisotopic (exact) mass is 432 g/mol. The number of nitrogens with zero attached hydrogens (tertiary/aromatic N) is 6. The molecule has 0 N–H and O–H groups in total. The normalized spacial score (nSPS) is 27.9. The number of morpholine rings is 1. The van der Waals surface area contributed by atoms with Crippen molar-refractivity contribution < 1.29 is 23.2 Å². The average Bonchev–Trinajstić information content (AvgIpc) is 3.23. The quantitative estimate of drug-likeness (QED) is 0.306. The maximum atomic E-state index is 15.5. The standard InChI is InChI=1S/C18H17FN6O4S/c1-8-5-24(12-3-13(12)28-8)15-9(7-26)2-11-16(14(15)19)29-22-17(11)25-6-10(4-21-23-20)30-18(25)27/h2,7-8,10,12-13H,3-6H2,1H3/t8-,10+,12?,13-/m1/s1. The van der Waals surface area contributed by atoms with Crippen molar-refractivity contribution in [3.8, 4) is 0 Å². The number of halogens is 1. The Labute approximate surface area is 173 Å². The molecule has 30 heavy (non-hydrogen) atoms. The molecule has 3 heterocycles. The smallest absolute Gasteiger partial charge is 0.287 e. The molecule has 5 rings (SSSR count). The van der Waals surface area contributed by atoms with Gasteiger partial charge in [0, 0.05) is 35.4 Å². The number of benzene rings is 1. The minimum Gasteiger partial charge on any atom is -0.371 e. The van der Waals surface area contributed by atoms with E-state index < -0.39 is 5.82 Å². The second-order valence-corrected chi connectivity index (χ2v) is 8.85. The number of aromatic nitrogens is 1. The fraction of sp³-hybridized carbons (Fsp3) is 0.500. The molecule has 0 spiro atoms. The Morgan fingerprint density at radius 1 is 1.50 bits per heavy atom. The SMILES string of the molecule is C[C@@H]1CN(c2c(C=O)cc3c(N4C[C@H](CN=[N+]=[N-])SC4=O)noc3c2F)C2C[C@H]2O1. The maximum absolute atomic E-state index is 15.5. The predicted octanol–water partition coefficient (Wildman–Crippen LogP) is 3.50. The number of carbonyl (C=O) groups excluding carboxylic acids is 2. The molecule has 10 nitrogen and oxygen atoms in total. The molecule has 1 aliphatic carbocycles. The van der Waals surface area contributed by atoms with Crippen molar-refractivity contribution in [2.45, 2.75) is 36.8 Å². The van der Waals surface area contributed by atoms with Crippen LogP contribution in [0.4, 0.5) is 20.7 Å². The molecule has 1 unspecified atom stereocenters. The molecular formula is C18H17FN6O4S. The van der Waals surface area contributed by atoms with Crippen molar-refractivity contribution in [3.05, 3.63) is 27.9 Å². The first kappa shape index (κ1) is 19.2. The molecular weight excluding hydrogens is 415 g/mol. The minimum atomic E-state index is -0.668. The maximum Gasteiger partial charge on any atom is 0.287 e. The van der Waals surface area contributed by atoms with Crippen molar-refractivity contribution in [2.24, 2.45) is 5.11 Å². The van der Waals surface area contributed by atoms with Crippen LogP contribution in [0.5, 0.6) is 0 Å². The van der Waals surface area contributed by atoms with Gasteiger partial charge in [-0.1, -0.05) is 22.0 Å². The number of azide groups is 1. The molecule has 2 aliphatic heterocycles. The Kier molecular flexibility index (Phi) is 4.57. The van der Waals surface area contributed by atoms with Crippen LogP contribution in [0.3, 0.4) is 0 Å². The van der Waals surface area contributed by atoms with Crippen molar-refractivity contribution in [2.75, 3.05) is 29.4 Å². The minimum absolute atomic E-state index is 0.0345. The van der Waals surface area contributed by atoms with Crippen LogP contribution in [-0.4, -0.2) is 59.8 Å². The van der Waals surface area contributed by atoms with Crippen molar-refractivity contribution in [3.63, 3.8) is 0 Å². The highest BCUT2D eigenvalue weighted by atomic mass is 32.2. The number of anilines is 2. The van der Waals surface area contributed by atoms with Crippen molar-refractivity contribution in [1.29, 1.82) is 0 Å². The zero-order valence-corrected chi connectivity index (χ0v) is 16.7. The Hall–Kier alpha value is -2.82. The zero-order chi connectivity index (χ0) is 21.0. The second-order valence-electron chi connectivity index (χ2n) is 7.60. The van der Waals surface area contributed by atoms with Gasteiger partial charge in [-0.15, -0.1) is 0 Å². The van der Waals surface area contributed by atoms with E-state index >= 15 is 4.39 Å². The highest BCUT2D eigenvalue weighted by Gasteiger charge is 2.49. The number of carbonyl (C=O) groups is 2. The van der Waals surface area contributed by atoms with Gasteiger partial charge in [0.05, 0.1) is 29.3 Å². The van der Waals surface area contributed by atoms with Gasteiger partial charge in [0.1, 0.15) is 0 Å². The third kappa shape index (κ3) is 2.99. The van der Waals surface area contributed by atoms with E-state index in [4.69, 9.17) is 14.8 Å². The summed E-state index contributed by atoms with van der Waals surface area (Å²) in [6, 6.07) is 1.55. The fourth-order valence-electron chi connectivity index (χ4n) is 4.17. The molecule has 156 valence electrons. The fourth-order valence-corrected chi connectivity index (χ4v) is 5.11. The van der Waals surface area contributed by atoms with Crippen LogP contribution in [0, 0.1) is 5.82 Å². The lowest BCUT2D eigenvalue weighted by Gasteiger charge is -2.33. The van der Waals surface area contributed by atoms with Crippen LogP contribution in [-0.2, 0) is 4.74 Å². The number of thioether (sulfide) groups is 1. The molecule has 3 fully saturated rings. The van der Waals surface area contributed by atoms with Crippen LogP contribution < -0.4 is 9.80 Å². The molecule has 1 aromatic carbocycles. The van der Waals surface area contributed by atoms with E-state index in [1.807, 2.05) is 11.8 Å². The third-order valence-corrected chi connectivity index (χ3v) is 6.60. The number of hydrogen-bond acceptors (Lipinski definition) is 8. The lowest BCUT2D eigenvalue weighted by Crippen LogP contribution is -2.42. The Balaban J connectivity index is 1.55. The third-order valence-electron chi connectivity index (χ3n) is 5.54. The van der Waals surface area contributed by atoms with Gasteiger partial charge in [-0.2, -0.15) is 0 Å². The van der Waals surface area contributed by atoms with Gasteiger partial charge in [0.15, 0.2) is 17.9 Å². The number of aldehydes is 1. The molecule has 12 heteroatoms.